The van der Waals surface area contributed by atoms with Gasteiger partial charge in [-0.25, -0.2) is 23.6 Å². The third-order valence-corrected chi connectivity index (χ3v) is 7.99. The van der Waals surface area contributed by atoms with Crippen LogP contribution in [0.2, 0.25) is 0 Å². The molecule has 13 nitrogen and oxygen atoms in total. The maximum atomic E-state index is 17.2. The molecule has 0 bridgehead atoms. The maximum absolute atomic E-state index is 17.2. The molecule has 0 radical (unpaired) electrons. The Labute approximate surface area is 286 Å². The van der Waals surface area contributed by atoms with Crippen LogP contribution in [0, 0.1) is 0 Å². The average molecular weight is 694 g/mol. The fourth-order valence-electron chi connectivity index (χ4n) is 5.69. The van der Waals surface area contributed by atoms with Crippen molar-refractivity contribution >= 4 is 29.8 Å². The lowest BCUT2D eigenvalue weighted by atomic mass is 9.86. The summed E-state index contributed by atoms with van der Waals surface area (Å²) in [6, 6.07) is 21.0. The second-order valence-corrected chi connectivity index (χ2v) is 12.0. The van der Waals surface area contributed by atoms with Gasteiger partial charge in [-0.3, -0.25) is 4.79 Å². The number of rotatable bonds is 10. The molecule has 50 heavy (non-hydrogen) atoms. The molecule has 0 saturated carbocycles. The Bertz CT molecular complexity index is 1690. The first-order valence-electron chi connectivity index (χ1n) is 15.6. The van der Waals surface area contributed by atoms with Crippen molar-refractivity contribution in [2.75, 3.05) is 13.7 Å². The van der Waals surface area contributed by atoms with Crippen molar-refractivity contribution in [2.24, 2.45) is 0 Å². The number of alkyl halides is 1. The van der Waals surface area contributed by atoms with Gasteiger partial charge in [0, 0.05) is 6.92 Å². The molecular formula is C36H36FNO12. The highest BCUT2D eigenvalue weighted by atomic mass is 19.1. The second-order valence-electron chi connectivity index (χ2n) is 12.0. The van der Waals surface area contributed by atoms with Crippen LogP contribution in [0.15, 0.2) is 91.0 Å². The molecule has 2 fully saturated rings. The number of methoxy groups -OCH3 is 1. The van der Waals surface area contributed by atoms with Gasteiger partial charge in [-0.1, -0.05) is 54.6 Å². The van der Waals surface area contributed by atoms with Gasteiger partial charge in [0.05, 0.1) is 36.4 Å². The van der Waals surface area contributed by atoms with E-state index >= 15 is 4.39 Å². The summed E-state index contributed by atoms with van der Waals surface area (Å²) in [4.78, 5) is 66.9. The molecule has 2 saturated heterocycles. The fraction of sp³-hybridized carbons (Fsp3) is 0.361. The zero-order valence-electron chi connectivity index (χ0n) is 27.6. The smallest absolute Gasteiger partial charge is 0.383 e. The number of carbonyl (C=O) groups is 5. The minimum Gasteiger partial charge on any atom is -0.464 e. The van der Waals surface area contributed by atoms with Crippen LogP contribution in [0.4, 0.5) is 4.39 Å². The Morgan fingerprint density at radius 1 is 0.800 bits per heavy atom. The van der Waals surface area contributed by atoms with Crippen LogP contribution in [0.1, 0.15) is 51.8 Å². The molecule has 0 aromatic heterocycles. The highest BCUT2D eigenvalue weighted by Crippen LogP contribution is 2.41. The van der Waals surface area contributed by atoms with E-state index in [9.17, 15) is 24.0 Å². The van der Waals surface area contributed by atoms with Crippen LogP contribution in [0.5, 0.6) is 0 Å². The van der Waals surface area contributed by atoms with Crippen LogP contribution in [0.3, 0.4) is 0 Å². The monoisotopic (exact) mass is 693 g/mol. The Morgan fingerprint density at radius 3 is 1.80 bits per heavy atom. The zero-order chi connectivity index (χ0) is 36.1. The minimum absolute atomic E-state index is 0.00408. The Balaban J connectivity index is 1.67. The molecule has 2 heterocycles. The number of ether oxygens (including phenoxy) is 7. The van der Waals surface area contributed by atoms with Gasteiger partial charge in [-0.05, 0) is 50.2 Å². The highest BCUT2D eigenvalue weighted by Gasteiger charge is 2.68. The minimum atomic E-state index is -3.27. The summed E-state index contributed by atoms with van der Waals surface area (Å²) in [7, 11) is 0.903. The summed E-state index contributed by atoms with van der Waals surface area (Å²) >= 11 is 0. The second kappa shape index (κ2) is 15.2. The van der Waals surface area contributed by atoms with E-state index in [0.29, 0.717) is 0 Å². The molecule has 1 amide bonds. The number of hydrogen-bond donors (Lipinski definition) is 1. The van der Waals surface area contributed by atoms with Crippen molar-refractivity contribution in [1.29, 1.82) is 0 Å². The fourth-order valence-corrected chi connectivity index (χ4v) is 5.69. The van der Waals surface area contributed by atoms with Gasteiger partial charge in [0.15, 0.2) is 18.0 Å². The van der Waals surface area contributed by atoms with Gasteiger partial charge < -0.3 is 38.5 Å². The van der Waals surface area contributed by atoms with Gasteiger partial charge in [0.25, 0.3) is 0 Å². The molecule has 3 aromatic carbocycles. The van der Waals surface area contributed by atoms with E-state index in [2.05, 4.69) is 5.32 Å². The summed E-state index contributed by atoms with van der Waals surface area (Å²) < 4.78 is 57.3. The molecular weight excluding hydrogens is 657 g/mol. The summed E-state index contributed by atoms with van der Waals surface area (Å²) in [6.07, 6.45) is -9.52. The van der Waals surface area contributed by atoms with E-state index in [1.54, 1.807) is 56.3 Å². The van der Waals surface area contributed by atoms with E-state index in [-0.39, 0.29) is 23.3 Å². The maximum Gasteiger partial charge on any atom is 0.383 e. The molecule has 2 aliphatic heterocycles. The molecule has 1 N–H and O–H groups in total. The SMILES string of the molecule is COC(=O)[C@@]1(OC(=O)c2ccccc2)O[C@@H](C(OC(=O)c2ccccc2)C2COC(C)(C)O2)[C@H](NC(C)=O)[C@@H](OC(=O)c2ccccc2)[C@H]1F. The van der Waals surface area contributed by atoms with Crippen molar-refractivity contribution < 1.29 is 61.5 Å². The standard InChI is InChI=1S/C36H36FNO12/c1-21(39)38-26-28(27(25-20-45-35(2,3)48-25)46-31(40)22-14-8-5-9-15-22)49-36(34(43)44-4,50-33(42)24-18-12-7-13-19-24)30(37)29(26)47-32(41)23-16-10-6-11-17-23/h5-19,25-30H,20H2,1-4H3,(H,38,39)/t25?,26-,27?,28+,29+,30+,36+/m0/s1. The quantitative estimate of drug-likeness (QED) is 0.243. The molecule has 5 rings (SSSR count). The van der Waals surface area contributed by atoms with E-state index < -0.39 is 78.0 Å². The van der Waals surface area contributed by atoms with Gasteiger partial charge >= 0.3 is 29.7 Å². The molecule has 0 aliphatic carbocycles. The Morgan fingerprint density at radius 2 is 1.32 bits per heavy atom. The van der Waals surface area contributed by atoms with Gasteiger partial charge in [-0.2, -0.15) is 0 Å². The van der Waals surface area contributed by atoms with Crippen LogP contribution in [0.25, 0.3) is 0 Å². The van der Waals surface area contributed by atoms with Crippen molar-refractivity contribution in [3.8, 4) is 0 Å². The molecule has 14 heteroatoms. The highest BCUT2D eigenvalue weighted by molar-refractivity contribution is 5.93. The van der Waals surface area contributed by atoms with Crippen LogP contribution >= 0.6 is 0 Å². The summed E-state index contributed by atoms with van der Waals surface area (Å²) in [5.74, 6) is -9.89. The van der Waals surface area contributed by atoms with Gasteiger partial charge in [0.2, 0.25) is 12.1 Å². The number of nitrogens with one attached hydrogen (secondary N) is 1. The lowest BCUT2D eigenvalue weighted by molar-refractivity contribution is -0.318. The first-order valence-corrected chi connectivity index (χ1v) is 15.6. The number of carbonyl (C=O) groups excluding carboxylic acids is 5. The van der Waals surface area contributed by atoms with Crippen molar-refractivity contribution in [3.05, 3.63) is 108 Å². The third-order valence-electron chi connectivity index (χ3n) is 7.99. The number of halogens is 1. The first-order chi connectivity index (χ1) is 23.8. The molecule has 7 atom stereocenters. The predicted octanol–water partition coefficient (Wildman–Crippen LogP) is 3.56. The Hall–Kier alpha value is -5.18. The zero-order valence-corrected chi connectivity index (χ0v) is 27.6. The Kier molecular flexibility index (Phi) is 10.9. The molecule has 2 unspecified atom stereocenters. The lowest BCUT2D eigenvalue weighted by Gasteiger charge is -2.49. The average Bonchev–Trinajstić information content (AvgIpc) is 3.49. The molecule has 3 aromatic rings. The predicted molar refractivity (Wildman–Crippen MR) is 170 cm³/mol. The van der Waals surface area contributed by atoms with E-state index in [1.165, 1.54) is 48.5 Å². The van der Waals surface area contributed by atoms with Crippen molar-refractivity contribution in [2.45, 2.75) is 69.0 Å². The van der Waals surface area contributed by atoms with Crippen molar-refractivity contribution in [1.82, 2.24) is 5.32 Å². The topological polar surface area (TPSA) is 162 Å². The van der Waals surface area contributed by atoms with Crippen molar-refractivity contribution in [3.63, 3.8) is 0 Å². The van der Waals surface area contributed by atoms with Gasteiger partial charge in [0.1, 0.15) is 12.2 Å². The van der Waals surface area contributed by atoms with Crippen LogP contribution < -0.4 is 5.32 Å². The normalized spacial score (nSPS) is 26.1. The van der Waals surface area contributed by atoms with Crippen LogP contribution in [-0.4, -0.2) is 91.7 Å². The first kappa shape index (κ1) is 36.1. The number of esters is 4. The summed E-state index contributed by atoms with van der Waals surface area (Å²) in [5, 5.41) is 2.53. The summed E-state index contributed by atoms with van der Waals surface area (Å²) in [6.45, 7) is 4.10. The van der Waals surface area contributed by atoms with Gasteiger partial charge in [-0.15, -0.1) is 0 Å². The third kappa shape index (κ3) is 7.83. The van der Waals surface area contributed by atoms with Crippen LogP contribution in [-0.2, 0) is 42.7 Å². The van der Waals surface area contributed by atoms with E-state index in [4.69, 9.17) is 33.2 Å². The molecule has 264 valence electrons. The van der Waals surface area contributed by atoms with E-state index in [1.807, 2.05) is 0 Å². The number of benzene rings is 3. The van der Waals surface area contributed by atoms with E-state index in [0.717, 1.165) is 14.0 Å². The lowest BCUT2D eigenvalue weighted by Crippen LogP contribution is -2.74. The number of amides is 1. The largest absolute Gasteiger partial charge is 0.464 e. The summed E-state index contributed by atoms with van der Waals surface area (Å²) in [5.41, 5.74) is 0.00888. The molecule has 2 aliphatic rings. The number of hydrogen-bond acceptors (Lipinski definition) is 12. The molecule has 0 spiro atoms.